The van der Waals surface area contributed by atoms with E-state index in [2.05, 4.69) is 74.1 Å². The summed E-state index contributed by atoms with van der Waals surface area (Å²) in [6.45, 7) is 26.4. The molecule has 0 saturated heterocycles. The molecule has 0 aromatic carbocycles. The van der Waals surface area contributed by atoms with E-state index >= 15 is 0 Å². The molecular weight excluding hydrogens is 266 g/mol. The van der Waals surface area contributed by atoms with Gasteiger partial charge in [-0.1, -0.05) is 55.4 Å². The third-order valence-electron chi connectivity index (χ3n) is 5.94. The lowest BCUT2D eigenvalue weighted by Crippen LogP contribution is -2.45. The second-order valence-corrected chi connectivity index (χ2v) is 9.97. The summed E-state index contributed by atoms with van der Waals surface area (Å²) in [5.74, 6) is 0.808. The van der Waals surface area contributed by atoms with Crippen molar-refractivity contribution < 1.29 is 0 Å². The highest BCUT2D eigenvalue weighted by atomic mass is 15.2. The highest BCUT2D eigenvalue weighted by Crippen LogP contribution is 2.41. The third-order valence-corrected chi connectivity index (χ3v) is 5.94. The molecule has 0 fully saturated rings. The molecule has 0 aliphatic heterocycles. The Morgan fingerprint density at radius 2 is 1.36 bits per heavy atom. The first-order chi connectivity index (χ1) is 9.83. The first-order valence-corrected chi connectivity index (χ1v) is 9.58. The lowest BCUT2D eigenvalue weighted by molar-refractivity contribution is 0.0781. The fourth-order valence-corrected chi connectivity index (χ4v) is 2.87. The van der Waals surface area contributed by atoms with Crippen molar-refractivity contribution in [3.8, 4) is 0 Å². The summed E-state index contributed by atoms with van der Waals surface area (Å²) >= 11 is 0. The minimum atomic E-state index is 0.339. The minimum Gasteiger partial charge on any atom is -0.298 e. The Morgan fingerprint density at radius 1 is 0.818 bits per heavy atom. The van der Waals surface area contributed by atoms with Gasteiger partial charge in [0.25, 0.3) is 0 Å². The normalized spacial score (nSPS) is 14.2. The Kier molecular flexibility index (Phi) is 8.70. The van der Waals surface area contributed by atoms with Crippen molar-refractivity contribution in [1.29, 1.82) is 0 Å². The summed E-state index contributed by atoms with van der Waals surface area (Å²) in [6, 6.07) is 0. The average molecular weight is 312 g/mol. The predicted octanol–water partition coefficient (Wildman–Crippen LogP) is 6.77. The summed E-state index contributed by atoms with van der Waals surface area (Å²) in [5, 5.41) is 0. The lowest BCUT2D eigenvalue weighted by Gasteiger charge is -2.42. The van der Waals surface area contributed by atoms with E-state index in [1.807, 2.05) is 0 Å². The molecule has 0 spiro atoms. The van der Waals surface area contributed by atoms with E-state index < -0.39 is 0 Å². The second-order valence-electron chi connectivity index (χ2n) is 9.97. The number of hydrogen-bond acceptors (Lipinski definition) is 1. The van der Waals surface area contributed by atoms with Crippen LogP contribution in [0.4, 0.5) is 0 Å². The smallest absolute Gasteiger partial charge is 0.0153 e. The molecule has 1 heteroatoms. The van der Waals surface area contributed by atoms with Crippen molar-refractivity contribution in [3.05, 3.63) is 0 Å². The maximum Gasteiger partial charge on any atom is 0.0153 e. The van der Waals surface area contributed by atoms with Crippen LogP contribution >= 0.6 is 0 Å². The van der Waals surface area contributed by atoms with Crippen molar-refractivity contribution >= 4 is 0 Å². The van der Waals surface area contributed by atoms with E-state index in [0.717, 1.165) is 5.92 Å². The predicted molar refractivity (Wildman–Crippen MR) is 102 cm³/mol. The zero-order valence-corrected chi connectivity index (χ0v) is 17.5. The first kappa shape index (κ1) is 22.0. The summed E-state index contributed by atoms with van der Waals surface area (Å²) in [6.07, 6.45) is 6.54. The van der Waals surface area contributed by atoms with Gasteiger partial charge in [0.15, 0.2) is 0 Å². The summed E-state index contributed by atoms with van der Waals surface area (Å²) < 4.78 is 0. The van der Waals surface area contributed by atoms with Crippen LogP contribution in [0.5, 0.6) is 0 Å². The highest BCUT2D eigenvalue weighted by molar-refractivity contribution is 4.85. The van der Waals surface area contributed by atoms with Gasteiger partial charge in [0, 0.05) is 5.54 Å². The van der Waals surface area contributed by atoms with Crippen LogP contribution in [0.25, 0.3) is 0 Å². The molecule has 0 aromatic rings. The van der Waals surface area contributed by atoms with Crippen LogP contribution in [0.15, 0.2) is 0 Å². The molecule has 0 N–H and O–H groups in total. The number of rotatable bonds is 10. The SMILES string of the molecule is CCCN(CCCC(C)(C)C(C)(C)C)C(C)(C)CCC(C)C. The van der Waals surface area contributed by atoms with E-state index in [4.69, 9.17) is 0 Å². The van der Waals surface area contributed by atoms with Gasteiger partial charge in [0.1, 0.15) is 0 Å². The van der Waals surface area contributed by atoms with Gasteiger partial charge >= 0.3 is 0 Å². The van der Waals surface area contributed by atoms with Gasteiger partial charge in [-0.3, -0.25) is 4.90 Å². The molecule has 0 aliphatic rings. The molecule has 0 radical (unpaired) electrons. The molecule has 0 rings (SSSR count). The molecule has 0 heterocycles. The Labute approximate surface area is 142 Å². The Morgan fingerprint density at radius 3 is 1.77 bits per heavy atom. The molecule has 0 aromatic heterocycles. The molecule has 0 aliphatic carbocycles. The standard InChI is InChI=1S/C21H45N/c1-11-16-22(21(9,10)15-13-18(2)3)17-12-14-20(7,8)19(4,5)6/h18H,11-17H2,1-10H3. The fraction of sp³-hybridized carbons (Fsp3) is 1.00. The quantitative estimate of drug-likeness (QED) is 0.430. The van der Waals surface area contributed by atoms with Crippen molar-refractivity contribution in [2.45, 2.75) is 107 Å². The fourth-order valence-electron chi connectivity index (χ4n) is 2.87. The van der Waals surface area contributed by atoms with E-state index in [0.29, 0.717) is 16.4 Å². The Hall–Kier alpha value is -0.0400. The lowest BCUT2D eigenvalue weighted by atomic mass is 9.67. The molecule has 0 amide bonds. The molecule has 0 saturated carbocycles. The topological polar surface area (TPSA) is 3.24 Å². The van der Waals surface area contributed by atoms with E-state index in [1.54, 1.807) is 0 Å². The van der Waals surface area contributed by atoms with Gasteiger partial charge in [-0.15, -0.1) is 0 Å². The Bertz CT molecular complexity index is 294. The summed E-state index contributed by atoms with van der Waals surface area (Å²) in [4.78, 5) is 2.74. The third kappa shape index (κ3) is 7.49. The van der Waals surface area contributed by atoms with Crippen LogP contribution in [0.3, 0.4) is 0 Å². The van der Waals surface area contributed by atoms with Gasteiger partial charge in [0.2, 0.25) is 0 Å². The monoisotopic (exact) mass is 311 g/mol. The molecule has 0 unspecified atom stereocenters. The largest absolute Gasteiger partial charge is 0.298 e. The Balaban J connectivity index is 4.59. The molecule has 134 valence electrons. The van der Waals surface area contributed by atoms with Crippen molar-refractivity contribution in [2.75, 3.05) is 13.1 Å². The molecule has 0 bridgehead atoms. The average Bonchev–Trinajstić information content (AvgIpc) is 2.34. The van der Waals surface area contributed by atoms with Crippen LogP contribution in [-0.4, -0.2) is 23.5 Å². The van der Waals surface area contributed by atoms with Crippen molar-refractivity contribution in [1.82, 2.24) is 4.90 Å². The summed E-state index contributed by atoms with van der Waals surface area (Å²) in [7, 11) is 0. The zero-order valence-electron chi connectivity index (χ0n) is 17.5. The van der Waals surface area contributed by atoms with Gasteiger partial charge in [0.05, 0.1) is 0 Å². The first-order valence-electron chi connectivity index (χ1n) is 9.58. The molecule has 0 atom stereocenters. The van der Waals surface area contributed by atoms with Crippen molar-refractivity contribution in [2.24, 2.45) is 16.7 Å². The minimum absolute atomic E-state index is 0.339. The summed E-state index contributed by atoms with van der Waals surface area (Å²) in [5.41, 5.74) is 1.13. The van der Waals surface area contributed by atoms with Crippen molar-refractivity contribution in [3.63, 3.8) is 0 Å². The van der Waals surface area contributed by atoms with E-state index in [9.17, 15) is 0 Å². The second kappa shape index (κ2) is 8.71. The van der Waals surface area contributed by atoms with Gasteiger partial charge in [-0.05, 0) is 75.8 Å². The highest BCUT2D eigenvalue weighted by Gasteiger charge is 2.33. The molecular formula is C21H45N. The maximum atomic E-state index is 2.74. The van der Waals surface area contributed by atoms with E-state index in [-0.39, 0.29) is 0 Å². The molecule has 22 heavy (non-hydrogen) atoms. The van der Waals surface area contributed by atoms with E-state index in [1.165, 1.54) is 45.2 Å². The molecule has 1 nitrogen and oxygen atoms in total. The number of hydrogen-bond donors (Lipinski definition) is 0. The van der Waals surface area contributed by atoms with Crippen LogP contribution < -0.4 is 0 Å². The van der Waals surface area contributed by atoms with Crippen LogP contribution in [0, 0.1) is 16.7 Å². The van der Waals surface area contributed by atoms with Crippen LogP contribution in [-0.2, 0) is 0 Å². The van der Waals surface area contributed by atoms with Gasteiger partial charge in [-0.2, -0.15) is 0 Å². The van der Waals surface area contributed by atoms with Crippen LogP contribution in [0.2, 0.25) is 0 Å². The van der Waals surface area contributed by atoms with Crippen LogP contribution in [0.1, 0.15) is 101 Å². The van der Waals surface area contributed by atoms with Gasteiger partial charge in [-0.25, -0.2) is 0 Å². The van der Waals surface area contributed by atoms with Gasteiger partial charge < -0.3 is 0 Å². The zero-order chi connectivity index (χ0) is 17.6. The number of nitrogens with zero attached hydrogens (tertiary/aromatic N) is 1. The maximum absolute atomic E-state index is 2.74.